The monoisotopic (exact) mass is 942 g/mol. The average Bonchev–Trinajstić information content (AvgIpc) is 3.60. The molecule has 0 radical (unpaired) electrons. The first-order valence-corrected chi connectivity index (χ1v) is 26.1. The van der Waals surface area contributed by atoms with E-state index in [0.29, 0.717) is 0 Å². The summed E-state index contributed by atoms with van der Waals surface area (Å²) in [6, 6.07) is 80.7. The van der Waals surface area contributed by atoms with Crippen molar-refractivity contribution in [3.05, 3.63) is 246 Å². The van der Waals surface area contributed by atoms with Gasteiger partial charge in [-0.2, -0.15) is 0 Å². The van der Waals surface area contributed by atoms with Crippen LogP contribution in [0.1, 0.15) is 27.8 Å². The molecule has 344 valence electrons. The molecule has 72 heavy (non-hydrogen) atoms. The molecular weight excluding hydrogens is 892 g/mol. The van der Waals surface area contributed by atoms with Gasteiger partial charge in [-0.15, -0.1) is 0 Å². The summed E-state index contributed by atoms with van der Waals surface area (Å²) in [5.74, 6) is 0. The number of fused-ring (bicyclic) bond motifs is 13. The maximum Gasteiger partial charge on any atom is 0.254 e. The van der Waals surface area contributed by atoms with E-state index in [1.165, 1.54) is 38.6 Å². The minimum atomic E-state index is -2.04. The number of rotatable bonds is 6. The van der Waals surface area contributed by atoms with Crippen LogP contribution in [0.4, 0.5) is 0 Å². The van der Waals surface area contributed by atoms with Crippen molar-refractivity contribution in [2.75, 3.05) is 0 Å². The molecule has 0 N–H and O–H groups in total. The van der Waals surface area contributed by atoms with Crippen molar-refractivity contribution in [1.82, 2.24) is 0 Å². The van der Waals surface area contributed by atoms with Crippen molar-refractivity contribution in [3.63, 3.8) is 0 Å². The van der Waals surface area contributed by atoms with Crippen molar-refractivity contribution in [2.45, 2.75) is 34.6 Å². The molecule has 0 aliphatic heterocycles. The molecule has 13 rings (SSSR count). The van der Waals surface area contributed by atoms with E-state index in [2.05, 4.69) is 253 Å². The highest BCUT2D eigenvalue weighted by atomic mass is 31.1. The van der Waals surface area contributed by atoms with Gasteiger partial charge in [0.2, 0.25) is 0 Å². The van der Waals surface area contributed by atoms with Crippen LogP contribution in [-0.4, -0.2) is 0 Å². The molecule has 0 bridgehead atoms. The maximum atomic E-state index is 8.14. The molecule has 0 aliphatic rings. The third kappa shape index (κ3) is 7.17. The van der Waals surface area contributed by atoms with Crippen molar-refractivity contribution in [1.29, 1.82) is 0 Å². The van der Waals surface area contributed by atoms with Crippen molar-refractivity contribution < 1.29 is 8.39 Å². The third-order valence-corrected chi connectivity index (χ3v) is 16.2. The van der Waals surface area contributed by atoms with Crippen molar-refractivity contribution in [3.8, 4) is 60.9 Å². The summed E-state index contributed by atoms with van der Waals surface area (Å²) in [5.41, 5.74) is 18.8. The molecule has 1 heterocycles. The highest BCUT2D eigenvalue weighted by Crippen LogP contribution is 2.62. The van der Waals surface area contributed by atoms with E-state index in [4.69, 9.17) is 8.39 Å². The molecule has 0 saturated carbocycles. The fourth-order valence-electron chi connectivity index (χ4n) is 11.1. The first-order valence-electron chi connectivity index (χ1n) is 24.9. The third-order valence-electron chi connectivity index (χ3n) is 14.7. The Bertz CT molecular complexity index is 4060. The van der Waals surface area contributed by atoms with Crippen LogP contribution < -0.4 is 0 Å². The van der Waals surface area contributed by atoms with Gasteiger partial charge >= 0.3 is 0 Å². The lowest BCUT2D eigenvalue weighted by atomic mass is 9.78. The summed E-state index contributed by atoms with van der Waals surface area (Å²) in [7, 11) is -2.04. The molecule has 0 unspecified atom stereocenters. The van der Waals surface area contributed by atoms with Crippen LogP contribution in [-0.2, 0) is 0 Å². The minimum absolute atomic E-state index is 0.829. The number of benzene rings is 12. The van der Waals surface area contributed by atoms with E-state index in [9.17, 15) is 0 Å². The summed E-state index contributed by atoms with van der Waals surface area (Å²) in [4.78, 5) is 0. The van der Waals surface area contributed by atoms with Crippen molar-refractivity contribution >= 4 is 73.0 Å². The average molecular weight is 943 g/mol. The molecule has 0 saturated heterocycles. The highest BCUT2D eigenvalue weighted by Gasteiger charge is 2.32. The number of hydrogen-bond acceptors (Lipinski definition) is 2. The van der Waals surface area contributed by atoms with Gasteiger partial charge in [-0.3, -0.25) is 0 Å². The van der Waals surface area contributed by atoms with Gasteiger partial charge < -0.3 is 8.39 Å². The van der Waals surface area contributed by atoms with Gasteiger partial charge in [-0.05, 0) is 111 Å². The van der Waals surface area contributed by atoms with Gasteiger partial charge in [0.15, 0.2) is 11.2 Å². The van der Waals surface area contributed by atoms with E-state index in [0.717, 1.165) is 115 Å². The molecule has 3 heteroatoms. The molecule has 0 fully saturated rings. The van der Waals surface area contributed by atoms with Crippen LogP contribution >= 0.6 is 8.01 Å². The summed E-state index contributed by atoms with van der Waals surface area (Å²) < 4.78 is 16.3. The first-order chi connectivity index (χ1) is 35.3. The summed E-state index contributed by atoms with van der Waals surface area (Å²) in [6.07, 6.45) is 0. The second kappa shape index (κ2) is 17.5. The van der Waals surface area contributed by atoms with Gasteiger partial charge in [0, 0.05) is 32.7 Å². The zero-order valence-electron chi connectivity index (χ0n) is 41.0. The van der Waals surface area contributed by atoms with E-state index >= 15 is 0 Å². The quantitative estimate of drug-likeness (QED) is 0.155. The smallest absolute Gasteiger partial charge is 0.254 e. The van der Waals surface area contributed by atoms with E-state index in [1.54, 1.807) is 0 Å². The van der Waals surface area contributed by atoms with Gasteiger partial charge in [0.1, 0.15) is 0 Å². The Balaban J connectivity index is 1.39. The molecule has 0 aliphatic carbocycles. The molecule has 2 nitrogen and oxygen atoms in total. The van der Waals surface area contributed by atoms with E-state index in [1.807, 2.05) is 0 Å². The van der Waals surface area contributed by atoms with Gasteiger partial charge in [0.05, 0.1) is 5.30 Å². The molecule has 13 aromatic rings. The fraction of sp³-hybridized carbons (Fsp3) is 0.0725. The standard InChI is InChI=1S/C69H51O2P/c1-42-22-32-47(33-23-42)60-61(48-34-24-43(2)25-35-48)63(50-38-28-45(4)29-39-50)69(64(51-40-30-46(5)31-41-51)62(60)49-36-26-44(3)27-37-49)72-70-67-58-20-12-8-16-54(58)52-14-6-10-18-56(52)65(67)66-57-19-11-7-15-53(57)55-17-9-13-21-59(55)68(66)71-72/h6-41H,1-5H3. The van der Waals surface area contributed by atoms with Crippen LogP contribution in [0, 0.1) is 34.6 Å². The van der Waals surface area contributed by atoms with Crippen LogP contribution in [0.3, 0.4) is 0 Å². The Hall–Kier alpha value is -8.42. The lowest BCUT2D eigenvalue weighted by molar-refractivity contribution is 0.655. The predicted octanol–water partition coefficient (Wildman–Crippen LogP) is 20.8. The molecule has 0 spiro atoms. The molecule has 0 atom stereocenters. The second-order valence-electron chi connectivity index (χ2n) is 19.6. The second-order valence-corrected chi connectivity index (χ2v) is 20.9. The summed E-state index contributed by atoms with van der Waals surface area (Å²) in [6.45, 7) is 10.8. The topological polar surface area (TPSA) is 26.3 Å². The van der Waals surface area contributed by atoms with Crippen LogP contribution in [0.2, 0.25) is 0 Å². The van der Waals surface area contributed by atoms with Crippen LogP contribution in [0.25, 0.3) is 126 Å². The van der Waals surface area contributed by atoms with Gasteiger partial charge in [-0.1, -0.05) is 246 Å². The zero-order chi connectivity index (χ0) is 48.6. The minimum Gasteiger partial charge on any atom is -0.415 e. The highest BCUT2D eigenvalue weighted by molar-refractivity contribution is 7.46. The first kappa shape index (κ1) is 43.6. The predicted molar refractivity (Wildman–Crippen MR) is 309 cm³/mol. The maximum absolute atomic E-state index is 8.14. The summed E-state index contributed by atoms with van der Waals surface area (Å²) >= 11 is 0. The molecule has 12 aromatic carbocycles. The number of hydrogen-bond donors (Lipinski definition) is 0. The Morgan fingerprint density at radius 2 is 0.458 bits per heavy atom. The number of aryl methyl sites for hydroxylation is 5. The van der Waals surface area contributed by atoms with Crippen molar-refractivity contribution in [2.24, 2.45) is 0 Å². The fourth-order valence-corrected chi connectivity index (χ4v) is 12.9. The lowest BCUT2D eigenvalue weighted by Crippen LogP contribution is -2.01. The summed E-state index contributed by atoms with van der Waals surface area (Å²) in [5, 5.41) is 12.1. The Morgan fingerprint density at radius 1 is 0.236 bits per heavy atom. The van der Waals surface area contributed by atoms with Gasteiger partial charge in [-0.25, -0.2) is 0 Å². The Kier molecular flexibility index (Phi) is 10.6. The van der Waals surface area contributed by atoms with Crippen LogP contribution in [0.5, 0.6) is 0 Å². The molecule has 0 amide bonds. The largest absolute Gasteiger partial charge is 0.415 e. The normalized spacial score (nSPS) is 11.7. The Morgan fingerprint density at radius 3 is 0.750 bits per heavy atom. The molecule has 1 aromatic heterocycles. The zero-order valence-corrected chi connectivity index (χ0v) is 41.9. The SMILES string of the molecule is Cc1ccc(-c2c(-c3ccc(C)cc3)c(-c3ccc(C)cc3)c(-p3oc4c5ccccc5c5ccccc5c4c4c5ccccc5c5ccccc5c4o3)c(-c3ccc(C)cc3)c2-c2ccc(C)cc2)cc1. The Labute approximate surface area is 421 Å². The molecular formula is C69H51O2P. The van der Waals surface area contributed by atoms with E-state index in [-0.39, 0.29) is 0 Å². The van der Waals surface area contributed by atoms with Gasteiger partial charge in [0.25, 0.3) is 8.01 Å². The lowest BCUT2D eigenvalue weighted by Gasteiger charge is -2.27. The van der Waals surface area contributed by atoms with Crippen LogP contribution in [0.15, 0.2) is 227 Å². The van der Waals surface area contributed by atoms with E-state index < -0.39 is 8.01 Å².